The Labute approximate surface area is 196 Å². The fraction of sp³-hybridized carbons (Fsp3) is 0.370. The number of allylic oxidation sites excluding steroid dienone is 1. The average Bonchev–Trinajstić information content (AvgIpc) is 2.85. The Balaban J connectivity index is 1.62. The zero-order valence-corrected chi connectivity index (χ0v) is 19.9. The fourth-order valence-corrected chi connectivity index (χ4v) is 4.73. The van der Waals surface area contributed by atoms with Crippen molar-refractivity contribution in [1.29, 1.82) is 0 Å². The molecule has 3 aromatic rings. The summed E-state index contributed by atoms with van der Waals surface area (Å²) in [5, 5.41) is 0. The van der Waals surface area contributed by atoms with Gasteiger partial charge in [-0.15, -0.1) is 0 Å². The van der Waals surface area contributed by atoms with Crippen molar-refractivity contribution in [2.24, 2.45) is 0 Å². The molecule has 2 aromatic heterocycles. The predicted molar refractivity (Wildman–Crippen MR) is 136 cm³/mol. The summed E-state index contributed by atoms with van der Waals surface area (Å²) < 4.78 is 1.78. The van der Waals surface area contributed by atoms with Crippen molar-refractivity contribution < 1.29 is 0 Å². The van der Waals surface area contributed by atoms with Crippen LogP contribution in [0.1, 0.15) is 45.1 Å². The van der Waals surface area contributed by atoms with Crippen LogP contribution in [0.3, 0.4) is 0 Å². The summed E-state index contributed by atoms with van der Waals surface area (Å²) >= 11 is 0. The smallest absolute Gasteiger partial charge is 0.255 e. The molecule has 0 amide bonds. The third-order valence-electron chi connectivity index (χ3n) is 6.44. The van der Waals surface area contributed by atoms with E-state index in [2.05, 4.69) is 52.6 Å². The van der Waals surface area contributed by atoms with E-state index in [-0.39, 0.29) is 5.56 Å². The van der Waals surface area contributed by atoms with Gasteiger partial charge in [0.05, 0.1) is 5.69 Å². The number of aromatic nitrogens is 3. The Hall–Kier alpha value is -3.41. The third-order valence-corrected chi connectivity index (χ3v) is 6.44. The quantitative estimate of drug-likeness (QED) is 0.510. The summed E-state index contributed by atoms with van der Waals surface area (Å²) in [6, 6.07) is 14.3. The lowest BCUT2D eigenvalue weighted by Gasteiger charge is -2.35. The summed E-state index contributed by atoms with van der Waals surface area (Å²) in [5.74, 6) is 1.16. The molecular weight excluding hydrogens is 410 g/mol. The van der Waals surface area contributed by atoms with Gasteiger partial charge in [-0.25, -0.2) is 4.98 Å². The highest BCUT2D eigenvalue weighted by molar-refractivity contribution is 5.59. The second-order valence-corrected chi connectivity index (χ2v) is 8.62. The van der Waals surface area contributed by atoms with E-state index in [1.54, 1.807) is 23.0 Å². The number of hydrogen-bond donors (Lipinski definition) is 0. The number of rotatable bonds is 7. The molecule has 1 unspecified atom stereocenters. The molecular formula is C27H33N5O. The summed E-state index contributed by atoms with van der Waals surface area (Å²) in [7, 11) is 0. The van der Waals surface area contributed by atoms with Crippen LogP contribution in [0.15, 0.2) is 71.9 Å². The minimum absolute atomic E-state index is 0.0137. The molecule has 33 heavy (non-hydrogen) atoms. The van der Waals surface area contributed by atoms with Crippen LogP contribution < -0.4 is 15.4 Å². The van der Waals surface area contributed by atoms with Gasteiger partial charge in [0.2, 0.25) is 5.95 Å². The van der Waals surface area contributed by atoms with E-state index < -0.39 is 0 Å². The van der Waals surface area contributed by atoms with Crippen LogP contribution in [0.4, 0.5) is 11.6 Å². The van der Waals surface area contributed by atoms with Crippen LogP contribution in [-0.4, -0.2) is 34.2 Å². The lowest BCUT2D eigenvalue weighted by molar-refractivity contribution is 0.493. The van der Waals surface area contributed by atoms with Crippen LogP contribution in [-0.2, 0) is 6.54 Å². The zero-order chi connectivity index (χ0) is 23.4. The lowest BCUT2D eigenvalue weighted by Crippen LogP contribution is -2.39. The molecule has 0 N–H and O–H groups in total. The molecule has 1 atom stereocenters. The molecule has 6 heteroatoms. The third kappa shape index (κ3) is 4.85. The maximum Gasteiger partial charge on any atom is 0.255 e. The molecule has 0 saturated carbocycles. The normalized spacial score (nSPS) is 16.0. The van der Waals surface area contributed by atoms with Crippen molar-refractivity contribution in [3.63, 3.8) is 0 Å². The van der Waals surface area contributed by atoms with Crippen LogP contribution in [0.2, 0.25) is 0 Å². The molecule has 3 heterocycles. The SMILES string of the molecule is C=C(C)N(CC)c1ccc(C2CCCN(c3nc(-c4ccncc4)cc(=O)n3CC)C2)cc1. The van der Waals surface area contributed by atoms with Crippen LogP contribution in [0.5, 0.6) is 0 Å². The Bertz CT molecular complexity index is 1150. The highest BCUT2D eigenvalue weighted by atomic mass is 16.1. The molecule has 6 nitrogen and oxygen atoms in total. The van der Waals surface area contributed by atoms with Crippen LogP contribution in [0, 0.1) is 0 Å². The Morgan fingerprint density at radius 1 is 1.15 bits per heavy atom. The molecule has 1 aromatic carbocycles. The summed E-state index contributed by atoms with van der Waals surface area (Å²) in [5.41, 5.74) is 5.15. The number of piperidine rings is 1. The highest BCUT2D eigenvalue weighted by Crippen LogP contribution is 2.31. The van der Waals surface area contributed by atoms with E-state index >= 15 is 0 Å². The van der Waals surface area contributed by atoms with Crippen molar-refractivity contribution in [2.75, 3.05) is 29.4 Å². The predicted octanol–water partition coefficient (Wildman–Crippen LogP) is 5.07. The highest BCUT2D eigenvalue weighted by Gasteiger charge is 2.25. The van der Waals surface area contributed by atoms with Gasteiger partial charge in [-0.1, -0.05) is 18.7 Å². The Morgan fingerprint density at radius 3 is 2.52 bits per heavy atom. The maximum atomic E-state index is 12.9. The number of anilines is 2. The van der Waals surface area contributed by atoms with Gasteiger partial charge in [0.25, 0.3) is 5.56 Å². The molecule has 0 bridgehead atoms. The molecule has 0 radical (unpaired) electrons. The first-order valence-electron chi connectivity index (χ1n) is 11.8. The number of hydrogen-bond acceptors (Lipinski definition) is 5. The zero-order valence-electron chi connectivity index (χ0n) is 19.9. The number of nitrogens with zero attached hydrogens (tertiary/aromatic N) is 5. The molecule has 0 spiro atoms. The fourth-order valence-electron chi connectivity index (χ4n) is 4.73. The Morgan fingerprint density at radius 2 is 1.88 bits per heavy atom. The minimum Gasteiger partial charge on any atom is -0.346 e. The van der Waals surface area contributed by atoms with Gasteiger partial charge in [-0.3, -0.25) is 14.3 Å². The summed E-state index contributed by atoms with van der Waals surface area (Å²) in [6.07, 6.45) is 5.67. The lowest BCUT2D eigenvalue weighted by atomic mass is 9.90. The van der Waals surface area contributed by atoms with Gasteiger partial charge in [0.15, 0.2) is 0 Å². The molecule has 1 aliphatic heterocycles. The van der Waals surface area contributed by atoms with Gasteiger partial charge in [0.1, 0.15) is 0 Å². The van der Waals surface area contributed by atoms with Crippen molar-refractivity contribution in [1.82, 2.24) is 14.5 Å². The second-order valence-electron chi connectivity index (χ2n) is 8.62. The monoisotopic (exact) mass is 443 g/mol. The summed E-state index contributed by atoms with van der Waals surface area (Å²) in [6.45, 7) is 13.5. The molecule has 1 fully saturated rings. The number of benzene rings is 1. The van der Waals surface area contributed by atoms with Gasteiger partial charge >= 0.3 is 0 Å². The van der Waals surface area contributed by atoms with Crippen molar-refractivity contribution in [3.05, 3.63) is 83.1 Å². The largest absolute Gasteiger partial charge is 0.346 e. The summed E-state index contributed by atoms with van der Waals surface area (Å²) in [4.78, 5) is 26.4. The van der Waals surface area contributed by atoms with Crippen molar-refractivity contribution in [3.8, 4) is 11.3 Å². The molecule has 1 saturated heterocycles. The Kier molecular flexibility index (Phi) is 6.92. The minimum atomic E-state index is -0.0137. The van der Waals surface area contributed by atoms with Gasteiger partial charge < -0.3 is 9.80 Å². The van der Waals surface area contributed by atoms with Gasteiger partial charge in [0, 0.05) is 67.5 Å². The van der Waals surface area contributed by atoms with E-state index in [1.807, 2.05) is 26.0 Å². The topological polar surface area (TPSA) is 54.3 Å². The van der Waals surface area contributed by atoms with E-state index in [9.17, 15) is 4.79 Å². The first-order chi connectivity index (χ1) is 16.0. The first kappa shape index (κ1) is 22.8. The number of pyridine rings is 1. The second kappa shape index (κ2) is 10.0. The molecule has 0 aliphatic carbocycles. The van der Waals surface area contributed by atoms with Gasteiger partial charge in [-0.05, 0) is 63.4 Å². The van der Waals surface area contributed by atoms with Gasteiger partial charge in [-0.2, -0.15) is 0 Å². The van der Waals surface area contributed by atoms with Crippen LogP contribution in [0.25, 0.3) is 11.3 Å². The van der Waals surface area contributed by atoms with Crippen molar-refractivity contribution in [2.45, 2.75) is 46.1 Å². The molecule has 172 valence electrons. The average molecular weight is 444 g/mol. The van der Waals surface area contributed by atoms with E-state index in [0.717, 1.165) is 49.7 Å². The molecule has 4 rings (SSSR count). The van der Waals surface area contributed by atoms with Crippen molar-refractivity contribution >= 4 is 11.6 Å². The van der Waals surface area contributed by atoms with E-state index in [1.165, 1.54) is 11.3 Å². The first-order valence-corrected chi connectivity index (χ1v) is 11.8. The van der Waals surface area contributed by atoms with Crippen LogP contribution >= 0.6 is 0 Å². The maximum absolute atomic E-state index is 12.9. The molecule has 1 aliphatic rings. The van der Waals surface area contributed by atoms with E-state index in [0.29, 0.717) is 18.2 Å². The standard InChI is InChI=1S/C27H33N5O/c1-5-31(20(3)4)24-11-9-21(10-12-24)23-8-7-17-30(19-23)27-29-25(18-26(33)32(27)6-2)22-13-15-28-16-14-22/h9-16,18,23H,3,5-8,17,19H2,1-2,4H3. The van der Waals surface area contributed by atoms with E-state index in [4.69, 9.17) is 4.98 Å².